The topological polar surface area (TPSA) is 3.24 Å². The van der Waals surface area contributed by atoms with Crippen LogP contribution in [0.5, 0.6) is 0 Å². The molecule has 1 heteroatoms. The zero-order valence-electron chi connectivity index (χ0n) is 40.3. The molecule has 0 bridgehead atoms. The summed E-state index contributed by atoms with van der Waals surface area (Å²) < 4.78 is 0. The van der Waals surface area contributed by atoms with E-state index < -0.39 is 5.41 Å². The summed E-state index contributed by atoms with van der Waals surface area (Å²) in [6.45, 7) is 4.84. The van der Waals surface area contributed by atoms with Gasteiger partial charge in [0.05, 0.1) is 11.1 Å². The number of benzene rings is 11. The van der Waals surface area contributed by atoms with Gasteiger partial charge in [0.15, 0.2) is 0 Å². The van der Waals surface area contributed by atoms with Crippen LogP contribution in [0.4, 0.5) is 17.1 Å². The third-order valence-electron chi connectivity index (χ3n) is 17.3. The molecular weight excluding hydrogens is 867 g/mol. The third kappa shape index (κ3) is 5.32. The maximum Gasteiger partial charge on any atom is 0.0726 e. The van der Waals surface area contributed by atoms with Gasteiger partial charge in [-0.2, -0.15) is 0 Å². The Balaban J connectivity index is 0.991. The average Bonchev–Trinajstić information content (AvgIpc) is 4.11. The summed E-state index contributed by atoms with van der Waals surface area (Å²) in [7, 11) is 0. The van der Waals surface area contributed by atoms with Crippen LogP contribution in [-0.2, 0) is 16.2 Å². The van der Waals surface area contributed by atoms with Crippen molar-refractivity contribution in [2.24, 2.45) is 0 Å². The van der Waals surface area contributed by atoms with E-state index in [0.29, 0.717) is 0 Å². The highest BCUT2D eigenvalue weighted by molar-refractivity contribution is 5.98. The molecule has 72 heavy (non-hydrogen) atoms. The van der Waals surface area contributed by atoms with E-state index in [9.17, 15) is 0 Å². The van der Waals surface area contributed by atoms with Crippen molar-refractivity contribution in [2.75, 3.05) is 4.90 Å². The highest BCUT2D eigenvalue weighted by atomic mass is 15.1. The number of hydrogen-bond acceptors (Lipinski definition) is 1. The molecule has 15 rings (SSSR count). The van der Waals surface area contributed by atoms with Gasteiger partial charge in [0.25, 0.3) is 0 Å². The minimum Gasteiger partial charge on any atom is -0.310 e. The van der Waals surface area contributed by atoms with Gasteiger partial charge < -0.3 is 4.90 Å². The first-order valence-corrected chi connectivity index (χ1v) is 25.4. The van der Waals surface area contributed by atoms with Crippen LogP contribution >= 0.6 is 0 Å². The van der Waals surface area contributed by atoms with E-state index in [0.717, 1.165) is 17.1 Å². The van der Waals surface area contributed by atoms with Crippen LogP contribution in [0.25, 0.3) is 55.6 Å². The average molecular weight is 916 g/mol. The minimum atomic E-state index is -0.483. The van der Waals surface area contributed by atoms with Crippen molar-refractivity contribution in [3.05, 3.63) is 316 Å². The molecule has 338 valence electrons. The summed E-state index contributed by atoms with van der Waals surface area (Å²) in [5.41, 5.74) is 28.2. The lowest BCUT2D eigenvalue weighted by molar-refractivity contribution is 0.714. The fraction of sp³-hybridized carbons (Fsp3) is 0.0704. The zero-order valence-corrected chi connectivity index (χ0v) is 40.3. The van der Waals surface area contributed by atoms with Crippen LogP contribution in [0.15, 0.2) is 261 Å². The molecule has 0 aromatic heterocycles. The molecule has 11 aromatic carbocycles. The lowest BCUT2D eigenvalue weighted by atomic mass is 9.70. The molecule has 0 saturated carbocycles. The van der Waals surface area contributed by atoms with Gasteiger partial charge in [0, 0.05) is 27.8 Å². The monoisotopic (exact) mass is 915 g/mol. The zero-order chi connectivity index (χ0) is 47.8. The van der Waals surface area contributed by atoms with E-state index in [2.05, 4.69) is 280 Å². The summed E-state index contributed by atoms with van der Waals surface area (Å²) in [5.74, 6) is 0. The van der Waals surface area contributed by atoms with E-state index in [1.807, 2.05) is 0 Å². The molecule has 2 unspecified atom stereocenters. The van der Waals surface area contributed by atoms with E-state index in [4.69, 9.17) is 0 Å². The Hall–Kier alpha value is -8.78. The van der Waals surface area contributed by atoms with Crippen molar-refractivity contribution in [3.8, 4) is 55.6 Å². The van der Waals surface area contributed by atoms with Gasteiger partial charge in [-0.05, 0) is 156 Å². The highest BCUT2D eigenvalue weighted by Gasteiger charge is 2.52. The Morgan fingerprint density at radius 1 is 0.250 bits per heavy atom. The molecule has 11 aromatic rings. The highest BCUT2D eigenvalue weighted by Crippen LogP contribution is 2.64. The Bertz CT molecular complexity index is 3970. The third-order valence-corrected chi connectivity index (χ3v) is 17.3. The van der Waals surface area contributed by atoms with Crippen LogP contribution in [0.2, 0.25) is 0 Å². The number of fused-ring (bicyclic) bond motifs is 16. The number of nitrogens with zero attached hydrogens (tertiary/aromatic N) is 1. The molecule has 1 nitrogen and oxygen atoms in total. The first kappa shape index (κ1) is 41.0. The smallest absolute Gasteiger partial charge is 0.0726 e. The molecule has 1 spiro atoms. The maximum absolute atomic E-state index is 2.56. The fourth-order valence-electron chi connectivity index (χ4n) is 14.0. The van der Waals surface area contributed by atoms with Crippen molar-refractivity contribution in [1.29, 1.82) is 0 Å². The summed E-state index contributed by atoms with van der Waals surface area (Å²) in [6, 6.07) is 98.5. The van der Waals surface area contributed by atoms with Crippen molar-refractivity contribution in [2.45, 2.75) is 30.1 Å². The molecule has 0 amide bonds. The summed E-state index contributed by atoms with van der Waals surface area (Å²) in [6.07, 6.45) is 0. The quantitative estimate of drug-likeness (QED) is 0.161. The van der Waals surface area contributed by atoms with Gasteiger partial charge in [0.2, 0.25) is 0 Å². The standard InChI is InChI=1S/C71H49N/c1-69(47-21-5-3-6-22-47)60-31-15-9-26-52(60)57-40-37-46(43-65(57)69)51-25-14-20-36-68(51)72(49-38-41-58-53-27-10-16-32-61(53)70(2,66(58)44-49)48-23-7-4-8-24-48)50-39-42-59-56-30-13-19-35-64(56)71(67(59)45-50)62-33-17-11-28-54(62)55-29-12-18-34-63(55)71/h3-45H,1-2H3. The van der Waals surface area contributed by atoms with Gasteiger partial charge in [0.1, 0.15) is 0 Å². The summed E-state index contributed by atoms with van der Waals surface area (Å²) >= 11 is 0. The minimum absolute atomic E-state index is 0.327. The van der Waals surface area contributed by atoms with Crippen molar-refractivity contribution >= 4 is 17.1 Å². The molecule has 0 N–H and O–H groups in total. The molecule has 4 aliphatic carbocycles. The molecule has 0 fully saturated rings. The van der Waals surface area contributed by atoms with E-state index >= 15 is 0 Å². The molecule has 0 saturated heterocycles. The van der Waals surface area contributed by atoms with Crippen LogP contribution < -0.4 is 4.90 Å². The Morgan fingerprint density at radius 3 is 1.07 bits per heavy atom. The number of para-hydroxylation sites is 1. The number of hydrogen-bond donors (Lipinski definition) is 0. The number of rotatable bonds is 6. The van der Waals surface area contributed by atoms with E-state index in [1.54, 1.807) is 0 Å². The predicted molar refractivity (Wildman–Crippen MR) is 298 cm³/mol. The molecule has 0 radical (unpaired) electrons. The molecule has 4 aliphatic rings. The van der Waals surface area contributed by atoms with Crippen molar-refractivity contribution in [1.82, 2.24) is 0 Å². The van der Waals surface area contributed by atoms with Crippen molar-refractivity contribution in [3.63, 3.8) is 0 Å². The summed E-state index contributed by atoms with van der Waals surface area (Å²) in [4.78, 5) is 2.56. The largest absolute Gasteiger partial charge is 0.310 e. The van der Waals surface area contributed by atoms with Crippen LogP contribution in [0.1, 0.15) is 69.5 Å². The van der Waals surface area contributed by atoms with Gasteiger partial charge in [-0.25, -0.2) is 0 Å². The van der Waals surface area contributed by atoms with E-state index in [-0.39, 0.29) is 10.8 Å². The maximum atomic E-state index is 2.56. The molecule has 0 heterocycles. The van der Waals surface area contributed by atoms with Crippen LogP contribution in [0, 0.1) is 0 Å². The summed E-state index contributed by atoms with van der Waals surface area (Å²) in [5, 5.41) is 0. The SMILES string of the molecule is CC1(c2ccccc2)c2ccccc2-c2ccc(-c3ccccc3N(c3ccc4c(c3)C(C)(c3ccccc3)c3ccccc3-4)c3ccc4c(c3)C3(c5ccccc5-c5ccccc53)c3ccccc3-4)cc21. The molecule has 0 aliphatic heterocycles. The lowest BCUT2D eigenvalue weighted by Gasteiger charge is -2.34. The predicted octanol–water partition coefficient (Wildman–Crippen LogP) is 17.8. The van der Waals surface area contributed by atoms with E-state index in [1.165, 1.54) is 111 Å². The first-order valence-electron chi connectivity index (χ1n) is 25.4. The van der Waals surface area contributed by atoms with Crippen LogP contribution in [-0.4, -0.2) is 0 Å². The number of anilines is 3. The second kappa shape index (κ2) is 15.1. The van der Waals surface area contributed by atoms with Crippen molar-refractivity contribution < 1.29 is 0 Å². The molecule has 2 atom stereocenters. The Kier molecular flexibility index (Phi) is 8.62. The van der Waals surface area contributed by atoms with Gasteiger partial charge >= 0.3 is 0 Å². The van der Waals surface area contributed by atoms with Gasteiger partial charge in [-0.3, -0.25) is 0 Å². The fourth-order valence-corrected chi connectivity index (χ4v) is 14.0. The second-order valence-electron chi connectivity index (χ2n) is 20.5. The first-order chi connectivity index (χ1) is 35.5. The van der Waals surface area contributed by atoms with Gasteiger partial charge in [-0.15, -0.1) is 0 Å². The molecular formula is C71H49N. The Morgan fingerprint density at radius 2 is 0.583 bits per heavy atom. The normalized spacial score (nSPS) is 17.5. The second-order valence-corrected chi connectivity index (χ2v) is 20.5. The van der Waals surface area contributed by atoms with Gasteiger partial charge in [-0.1, -0.05) is 224 Å². The Labute approximate surface area is 422 Å². The van der Waals surface area contributed by atoms with Crippen LogP contribution in [0.3, 0.4) is 0 Å². The lowest BCUT2D eigenvalue weighted by Crippen LogP contribution is -2.26.